The maximum Gasteiger partial charge on any atom is 0.0798 e. The normalized spacial score (nSPS) is 17.8. The van der Waals surface area contributed by atoms with Crippen LogP contribution in [0.1, 0.15) is 38.3 Å². The molecule has 0 radical (unpaired) electrons. The van der Waals surface area contributed by atoms with E-state index in [1.807, 2.05) is 12.3 Å². The lowest BCUT2D eigenvalue weighted by atomic mass is 9.95. The number of ether oxygens (including phenoxy) is 1. The van der Waals surface area contributed by atoms with Crippen molar-refractivity contribution in [2.75, 3.05) is 13.2 Å². The second-order valence-corrected chi connectivity index (χ2v) is 5.72. The Kier molecular flexibility index (Phi) is 4.51. The van der Waals surface area contributed by atoms with E-state index in [1.54, 1.807) is 0 Å². The molecule has 1 aromatic heterocycles. The smallest absolute Gasteiger partial charge is 0.0798 e. The van der Waals surface area contributed by atoms with Gasteiger partial charge in [-0.1, -0.05) is 31.2 Å². The van der Waals surface area contributed by atoms with E-state index in [4.69, 9.17) is 4.74 Å². The van der Waals surface area contributed by atoms with Gasteiger partial charge in [0.25, 0.3) is 0 Å². The molecule has 2 unspecified atom stereocenters. The summed E-state index contributed by atoms with van der Waals surface area (Å²) >= 11 is 0. The molecular formula is C18H24N2O. The fourth-order valence-electron chi connectivity index (χ4n) is 3.12. The summed E-state index contributed by atoms with van der Waals surface area (Å²) in [7, 11) is 0. The highest BCUT2D eigenvalue weighted by Crippen LogP contribution is 2.41. The highest BCUT2D eigenvalue weighted by molar-refractivity contribution is 5.82. The van der Waals surface area contributed by atoms with Gasteiger partial charge in [-0.05, 0) is 43.9 Å². The van der Waals surface area contributed by atoms with E-state index in [0.717, 1.165) is 18.7 Å². The number of para-hydroxylation sites is 1. The molecule has 1 saturated carbocycles. The molecule has 0 bridgehead atoms. The summed E-state index contributed by atoms with van der Waals surface area (Å²) in [6, 6.07) is 10.8. The van der Waals surface area contributed by atoms with Gasteiger partial charge in [0.1, 0.15) is 0 Å². The van der Waals surface area contributed by atoms with E-state index in [0.29, 0.717) is 5.92 Å². The molecule has 1 fully saturated rings. The first kappa shape index (κ1) is 14.5. The molecule has 2 aromatic rings. The van der Waals surface area contributed by atoms with Crippen molar-refractivity contribution in [2.45, 2.75) is 38.8 Å². The molecule has 0 spiro atoms. The second-order valence-electron chi connectivity index (χ2n) is 5.72. The molecule has 3 rings (SSSR count). The zero-order chi connectivity index (χ0) is 14.7. The second kappa shape index (κ2) is 6.54. The Morgan fingerprint density at radius 1 is 1.24 bits per heavy atom. The van der Waals surface area contributed by atoms with Crippen molar-refractivity contribution >= 4 is 10.9 Å². The van der Waals surface area contributed by atoms with Gasteiger partial charge in [-0.2, -0.15) is 0 Å². The number of nitrogens with zero attached hydrogens (tertiary/aromatic N) is 1. The highest BCUT2D eigenvalue weighted by atomic mass is 16.5. The number of benzene rings is 1. The van der Waals surface area contributed by atoms with Gasteiger partial charge in [-0.25, -0.2) is 0 Å². The first-order valence-corrected chi connectivity index (χ1v) is 8.03. The van der Waals surface area contributed by atoms with Crippen LogP contribution >= 0.6 is 0 Å². The molecule has 112 valence electrons. The van der Waals surface area contributed by atoms with Crippen LogP contribution in [0.15, 0.2) is 36.5 Å². The summed E-state index contributed by atoms with van der Waals surface area (Å²) in [6.45, 7) is 5.94. The van der Waals surface area contributed by atoms with Crippen molar-refractivity contribution in [3.05, 3.63) is 42.1 Å². The van der Waals surface area contributed by atoms with Crippen LogP contribution < -0.4 is 5.32 Å². The monoisotopic (exact) mass is 284 g/mol. The Labute approximate surface area is 126 Å². The maximum absolute atomic E-state index is 6.09. The molecule has 0 saturated heterocycles. The van der Waals surface area contributed by atoms with Crippen molar-refractivity contribution in [1.82, 2.24) is 10.3 Å². The quantitative estimate of drug-likeness (QED) is 0.842. The first-order valence-electron chi connectivity index (χ1n) is 8.03. The van der Waals surface area contributed by atoms with Crippen molar-refractivity contribution in [3.63, 3.8) is 0 Å². The van der Waals surface area contributed by atoms with Gasteiger partial charge < -0.3 is 10.1 Å². The molecule has 1 heterocycles. The van der Waals surface area contributed by atoms with E-state index in [1.165, 1.54) is 23.8 Å². The van der Waals surface area contributed by atoms with E-state index >= 15 is 0 Å². The minimum atomic E-state index is 0.223. The molecule has 21 heavy (non-hydrogen) atoms. The number of hydrogen-bond acceptors (Lipinski definition) is 3. The molecule has 1 aliphatic carbocycles. The Bertz CT molecular complexity index is 589. The van der Waals surface area contributed by atoms with E-state index < -0.39 is 0 Å². The zero-order valence-corrected chi connectivity index (χ0v) is 12.9. The summed E-state index contributed by atoms with van der Waals surface area (Å²) in [5.41, 5.74) is 2.36. The number of aromatic nitrogens is 1. The van der Waals surface area contributed by atoms with Crippen molar-refractivity contribution in [3.8, 4) is 0 Å². The molecule has 3 nitrogen and oxygen atoms in total. The molecule has 1 N–H and O–H groups in total. The van der Waals surface area contributed by atoms with Crippen LogP contribution in [0, 0.1) is 5.92 Å². The van der Waals surface area contributed by atoms with Gasteiger partial charge in [-0.3, -0.25) is 4.98 Å². The average molecular weight is 284 g/mol. The van der Waals surface area contributed by atoms with Crippen LogP contribution in [0.5, 0.6) is 0 Å². The molecule has 1 aromatic carbocycles. The molecule has 0 amide bonds. The third-order valence-corrected chi connectivity index (χ3v) is 4.20. The summed E-state index contributed by atoms with van der Waals surface area (Å²) < 4.78 is 6.09. The van der Waals surface area contributed by atoms with Gasteiger partial charge in [0, 0.05) is 18.2 Å². The third kappa shape index (κ3) is 3.09. The SMILES string of the molecule is CCNC(c1cccc2cccnc12)C(OCC)C1CC1. The van der Waals surface area contributed by atoms with Crippen LogP contribution in [0.25, 0.3) is 10.9 Å². The van der Waals surface area contributed by atoms with Crippen LogP contribution in [-0.2, 0) is 4.74 Å². The third-order valence-electron chi connectivity index (χ3n) is 4.20. The number of fused-ring (bicyclic) bond motifs is 1. The Balaban J connectivity index is 2.01. The van der Waals surface area contributed by atoms with Crippen LogP contribution in [-0.4, -0.2) is 24.2 Å². The summed E-state index contributed by atoms with van der Waals surface area (Å²) in [5.74, 6) is 0.688. The molecular weight excluding hydrogens is 260 g/mol. The van der Waals surface area contributed by atoms with E-state index in [9.17, 15) is 0 Å². The number of likely N-dealkylation sites (N-methyl/N-ethyl adjacent to an activating group) is 1. The molecule has 2 atom stereocenters. The topological polar surface area (TPSA) is 34.2 Å². The standard InChI is InChI=1S/C18H24N2O/c1-3-19-17(18(21-4-2)14-10-11-14)15-9-5-7-13-8-6-12-20-16(13)15/h5-9,12,14,17-19H,3-4,10-11H2,1-2H3. The molecule has 0 aliphatic heterocycles. The summed E-state index contributed by atoms with van der Waals surface area (Å²) in [4.78, 5) is 4.61. The average Bonchev–Trinajstić information content (AvgIpc) is 3.35. The van der Waals surface area contributed by atoms with Gasteiger partial charge >= 0.3 is 0 Å². The summed E-state index contributed by atoms with van der Waals surface area (Å²) in [6.07, 6.45) is 4.69. The van der Waals surface area contributed by atoms with Gasteiger partial charge in [0.15, 0.2) is 0 Å². The fraction of sp³-hybridized carbons (Fsp3) is 0.500. The summed E-state index contributed by atoms with van der Waals surface area (Å²) in [5, 5.41) is 4.83. The Morgan fingerprint density at radius 3 is 2.76 bits per heavy atom. The number of pyridine rings is 1. The lowest BCUT2D eigenvalue weighted by Gasteiger charge is -2.29. The van der Waals surface area contributed by atoms with Gasteiger partial charge in [0.05, 0.1) is 17.7 Å². The minimum Gasteiger partial charge on any atom is -0.376 e. The van der Waals surface area contributed by atoms with Crippen LogP contribution in [0.2, 0.25) is 0 Å². The van der Waals surface area contributed by atoms with E-state index in [-0.39, 0.29) is 12.1 Å². The van der Waals surface area contributed by atoms with Crippen molar-refractivity contribution in [1.29, 1.82) is 0 Å². The van der Waals surface area contributed by atoms with Crippen molar-refractivity contribution < 1.29 is 4.74 Å². The number of nitrogens with one attached hydrogen (secondary N) is 1. The first-order chi connectivity index (χ1) is 10.3. The zero-order valence-electron chi connectivity index (χ0n) is 12.9. The highest BCUT2D eigenvalue weighted by Gasteiger charge is 2.38. The predicted molar refractivity (Wildman–Crippen MR) is 86.3 cm³/mol. The van der Waals surface area contributed by atoms with Crippen molar-refractivity contribution in [2.24, 2.45) is 5.92 Å². The number of hydrogen-bond donors (Lipinski definition) is 1. The predicted octanol–water partition coefficient (Wildman–Crippen LogP) is 3.70. The van der Waals surface area contributed by atoms with Crippen LogP contribution in [0.3, 0.4) is 0 Å². The maximum atomic E-state index is 6.09. The van der Waals surface area contributed by atoms with Gasteiger partial charge in [0.2, 0.25) is 0 Å². The lowest BCUT2D eigenvalue weighted by Crippen LogP contribution is -2.35. The molecule has 1 aliphatic rings. The van der Waals surface area contributed by atoms with Gasteiger partial charge in [-0.15, -0.1) is 0 Å². The molecule has 3 heteroatoms. The Hall–Kier alpha value is -1.45. The van der Waals surface area contributed by atoms with Crippen LogP contribution in [0.4, 0.5) is 0 Å². The largest absolute Gasteiger partial charge is 0.376 e. The fourth-order valence-corrected chi connectivity index (χ4v) is 3.12. The van der Waals surface area contributed by atoms with E-state index in [2.05, 4.69) is 48.4 Å². The lowest BCUT2D eigenvalue weighted by molar-refractivity contribution is 0.0192. The minimum absolute atomic E-state index is 0.223. The number of rotatable bonds is 7. The Morgan fingerprint density at radius 2 is 2.05 bits per heavy atom.